The van der Waals surface area contributed by atoms with Gasteiger partial charge in [-0.05, 0) is 73.2 Å². The summed E-state index contributed by atoms with van der Waals surface area (Å²) in [6.07, 6.45) is 0.488. The molecule has 3 aromatic rings. The van der Waals surface area contributed by atoms with E-state index in [9.17, 15) is 18.8 Å². The number of hydrogen-bond acceptors (Lipinski definition) is 6. The molecule has 0 radical (unpaired) electrons. The number of ether oxygens (including phenoxy) is 1. The summed E-state index contributed by atoms with van der Waals surface area (Å²) in [6, 6.07) is 16.9. The number of halogens is 3. The number of carbonyl (C=O) groups excluding carboxylic acids is 3. The topological polar surface area (TPSA) is 87.7 Å². The van der Waals surface area contributed by atoms with Crippen LogP contribution in [0.3, 0.4) is 0 Å². The molecule has 7 nitrogen and oxygen atoms in total. The minimum absolute atomic E-state index is 0.110. The van der Waals surface area contributed by atoms with Crippen LogP contribution in [0.25, 0.3) is 0 Å². The van der Waals surface area contributed by atoms with Gasteiger partial charge < -0.3 is 15.4 Å². The average molecular weight is 574 g/mol. The summed E-state index contributed by atoms with van der Waals surface area (Å²) in [4.78, 5) is 41.0. The number of hydrogen-bond donors (Lipinski definition) is 2. The number of nitrogens with one attached hydrogen (secondary N) is 2. The zero-order valence-electron chi connectivity index (χ0n) is 20.1. The quantitative estimate of drug-likeness (QED) is 0.221. The first-order chi connectivity index (χ1) is 18.3. The Morgan fingerprint density at radius 1 is 0.974 bits per heavy atom. The van der Waals surface area contributed by atoms with E-state index in [0.29, 0.717) is 34.3 Å². The van der Waals surface area contributed by atoms with Crippen LogP contribution in [0.2, 0.25) is 10.0 Å². The van der Waals surface area contributed by atoms with Gasteiger partial charge in [0.15, 0.2) is 0 Å². The molecule has 11 heteroatoms. The second kappa shape index (κ2) is 12.4. The lowest BCUT2D eigenvalue weighted by atomic mass is 10.2. The molecule has 2 N–H and O–H groups in total. The zero-order chi connectivity index (χ0) is 27.2. The molecule has 1 aliphatic rings. The lowest BCUT2D eigenvalue weighted by molar-refractivity contribution is -0.137. The van der Waals surface area contributed by atoms with E-state index in [1.54, 1.807) is 37.4 Å². The standard InChI is InChI=1S/C27H22Cl2FN3O4S/c1-37-14-2-13-33-26(35)23(31-18-6-4-17(30)5-7-18)24(27(33)36)38-20-10-8-19(9-11-20)32-25(34)21-12-3-16(28)15-22(21)29/h3-12,15,31H,2,13-14H2,1H3,(H,32,34). The number of carbonyl (C=O) groups is 3. The largest absolute Gasteiger partial charge is 0.385 e. The van der Waals surface area contributed by atoms with Crippen molar-refractivity contribution in [3.05, 3.63) is 98.8 Å². The summed E-state index contributed by atoms with van der Waals surface area (Å²) in [6.45, 7) is 0.594. The number of anilines is 2. The molecule has 0 saturated heterocycles. The minimum Gasteiger partial charge on any atom is -0.385 e. The summed E-state index contributed by atoms with van der Waals surface area (Å²) in [5.41, 5.74) is 1.37. The molecular weight excluding hydrogens is 552 g/mol. The van der Waals surface area contributed by atoms with E-state index in [4.69, 9.17) is 27.9 Å². The van der Waals surface area contributed by atoms with Crippen LogP contribution in [0.5, 0.6) is 0 Å². The number of amides is 3. The Balaban J connectivity index is 1.53. The van der Waals surface area contributed by atoms with E-state index in [2.05, 4.69) is 10.6 Å². The van der Waals surface area contributed by atoms with Crippen molar-refractivity contribution in [3.63, 3.8) is 0 Å². The van der Waals surface area contributed by atoms with Crippen LogP contribution in [0.15, 0.2) is 82.2 Å². The Morgan fingerprint density at radius 2 is 1.66 bits per heavy atom. The van der Waals surface area contributed by atoms with Crippen LogP contribution in [-0.4, -0.2) is 42.9 Å². The summed E-state index contributed by atoms with van der Waals surface area (Å²) < 4.78 is 18.4. The maximum Gasteiger partial charge on any atom is 0.278 e. The van der Waals surface area contributed by atoms with E-state index in [1.807, 2.05) is 0 Å². The van der Waals surface area contributed by atoms with E-state index < -0.39 is 23.5 Å². The number of nitrogens with zero attached hydrogens (tertiary/aromatic N) is 1. The number of imide groups is 1. The molecule has 0 bridgehead atoms. The van der Waals surface area contributed by atoms with Crippen LogP contribution < -0.4 is 10.6 Å². The molecule has 1 aliphatic heterocycles. The molecule has 0 unspecified atom stereocenters. The van der Waals surface area contributed by atoms with E-state index in [-0.39, 0.29) is 27.7 Å². The molecule has 0 aromatic heterocycles. The van der Waals surface area contributed by atoms with E-state index in [1.165, 1.54) is 36.4 Å². The normalized spacial score (nSPS) is 13.3. The number of methoxy groups -OCH3 is 1. The van der Waals surface area contributed by atoms with Crippen LogP contribution in [0, 0.1) is 5.82 Å². The summed E-state index contributed by atoms with van der Waals surface area (Å²) in [7, 11) is 1.55. The Hall–Kier alpha value is -3.37. The fourth-order valence-electron chi connectivity index (χ4n) is 3.60. The molecule has 0 atom stereocenters. The van der Waals surface area contributed by atoms with Crippen LogP contribution >= 0.6 is 35.0 Å². The number of thioether (sulfide) groups is 1. The summed E-state index contributed by atoms with van der Waals surface area (Å²) in [5.74, 6) is -1.72. The van der Waals surface area contributed by atoms with E-state index >= 15 is 0 Å². The highest BCUT2D eigenvalue weighted by atomic mass is 35.5. The Morgan fingerprint density at radius 3 is 2.32 bits per heavy atom. The van der Waals surface area contributed by atoms with Gasteiger partial charge in [-0.25, -0.2) is 4.39 Å². The fourth-order valence-corrected chi connectivity index (χ4v) is 5.04. The number of benzene rings is 3. The molecule has 0 fully saturated rings. The second-order valence-electron chi connectivity index (χ2n) is 8.15. The summed E-state index contributed by atoms with van der Waals surface area (Å²) >= 11 is 13.1. The van der Waals surface area contributed by atoms with Gasteiger partial charge in [-0.15, -0.1) is 0 Å². The average Bonchev–Trinajstić information content (AvgIpc) is 3.10. The van der Waals surface area contributed by atoms with Crippen molar-refractivity contribution in [2.45, 2.75) is 11.3 Å². The van der Waals surface area contributed by atoms with Gasteiger partial charge in [0.1, 0.15) is 16.4 Å². The SMILES string of the molecule is COCCCN1C(=O)C(Nc2ccc(F)cc2)=C(Sc2ccc(NC(=O)c3ccc(Cl)cc3Cl)cc2)C1=O. The smallest absolute Gasteiger partial charge is 0.278 e. The lowest BCUT2D eigenvalue weighted by Gasteiger charge is -2.14. The van der Waals surface area contributed by atoms with Gasteiger partial charge in [0, 0.05) is 41.6 Å². The van der Waals surface area contributed by atoms with Gasteiger partial charge in [-0.2, -0.15) is 0 Å². The van der Waals surface area contributed by atoms with Gasteiger partial charge in [0.05, 0.1) is 10.6 Å². The lowest BCUT2D eigenvalue weighted by Crippen LogP contribution is -2.33. The molecule has 3 aromatic carbocycles. The summed E-state index contributed by atoms with van der Waals surface area (Å²) in [5, 5.41) is 6.39. The third-order valence-electron chi connectivity index (χ3n) is 5.48. The molecule has 4 rings (SSSR count). The molecule has 0 spiro atoms. The van der Waals surface area contributed by atoms with Crippen LogP contribution in [0.4, 0.5) is 15.8 Å². The fraction of sp³-hybridized carbons (Fsp3) is 0.148. The van der Waals surface area contributed by atoms with Gasteiger partial charge in [0.2, 0.25) is 0 Å². The van der Waals surface area contributed by atoms with Crippen molar-refractivity contribution < 1.29 is 23.5 Å². The monoisotopic (exact) mass is 573 g/mol. The van der Waals surface area contributed by atoms with Crippen molar-refractivity contribution in [2.24, 2.45) is 0 Å². The highest BCUT2D eigenvalue weighted by molar-refractivity contribution is 8.04. The molecule has 3 amide bonds. The van der Waals surface area contributed by atoms with E-state index in [0.717, 1.165) is 16.7 Å². The molecule has 1 heterocycles. The Bertz CT molecular complexity index is 1400. The van der Waals surface area contributed by atoms with Gasteiger partial charge in [-0.1, -0.05) is 35.0 Å². The Kier molecular flexibility index (Phi) is 9.06. The van der Waals surface area contributed by atoms with Gasteiger partial charge >= 0.3 is 0 Å². The highest BCUT2D eigenvalue weighted by Gasteiger charge is 2.38. The maximum atomic E-state index is 13.4. The van der Waals surface area contributed by atoms with Crippen LogP contribution in [0.1, 0.15) is 16.8 Å². The first-order valence-electron chi connectivity index (χ1n) is 11.4. The third kappa shape index (κ3) is 6.54. The van der Waals surface area contributed by atoms with Crippen molar-refractivity contribution in [1.82, 2.24) is 4.90 Å². The second-order valence-corrected chi connectivity index (χ2v) is 10.1. The van der Waals surface area contributed by atoms with Gasteiger partial charge in [-0.3, -0.25) is 19.3 Å². The molecule has 0 saturated carbocycles. The van der Waals surface area contributed by atoms with Crippen molar-refractivity contribution in [2.75, 3.05) is 30.9 Å². The first kappa shape index (κ1) is 27.7. The first-order valence-corrected chi connectivity index (χ1v) is 13.0. The highest BCUT2D eigenvalue weighted by Crippen LogP contribution is 2.36. The molecule has 0 aliphatic carbocycles. The predicted octanol–water partition coefficient (Wildman–Crippen LogP) is 6.21. The Labute approximate surface area is 232 Å². The van der Waals surface area contributed by atoms with Gasteiger partial charge in [0.25, 0.3) is 17.7 Å². The predicted molar refractivity (Wildman–Crippen MR) is 147 cm³/mol. The number of rotatable bonds is 10. The molecular formula is C27H22Cl2FN3O4S. The van der Waals surface area contributed by atoms with Crippen molar-refractivity contribution >= 4 is 64.1 Å². The molecule has 196 valence electrons. The van der Waals surface area contributed by atoms with Crippen LogP contribution in [-0.2, 0) is 14.3 Å². The maximum absolute atomic E-state index is 13.4. The minimum atomic E-state index is -0.471. The third-order valence-corrected chi connectivity index (χ3v) is 7.12. The van der Waals surface area contributed by atoms with Crippen molar-refractivity contribution in [3.8, 4) is 0 Å². The van der Waals surface area contributed by atoms with Crippen molar-refractivity contribution in [1.29, 1.82) is 0 Å². The zero-order valence-corrected chi connectivity index (χ0v) is 22.4. The molecule has 38 heavy (non-hydrogen) atoms.